The number of pyridine rings is 1. The predicted octanol–water partition coefficient (Wildman–Crippen LogP) is 5.38. The Labute approximate surface area is 159 Å². The van der Waals surface area contributed by atoms with Crippen molar-refractivity contribution in [3.05, 3.63) is 59.8 Å². The maximum Gasteiger partial charge on any atom is 0.213 e. The third-order valence-corrected chi connectivity index (χ3v) is 7.26. The number of aromatic nitrogens is 1. The summed E-state index contributed by atoms with van der Waals surface area (Å²) >= 11 is 0. The summed E-state index contributed by atoms with van der Waals surface area (Å²) in [4.78, 5) is 0. The van der Waals surface area contributed by atoms with Crippen LogP contribution in [0.25, 0.3) is 22.0 Å². The van der Waals surface area contributed by atoms with Crippen molar-refractivity contribution < 1.29 is 4.57 Å². The maximum absolute atomic E-state index is 2.47. The van der Waals surface area contributed by atoms with Crippen molar-refractivity contribution in [2.75, 3.05) is 0 Å². The van der Waals surface area contributed by atoms with E-state index in [1.165, 1.54) is 27.6 Å². The summed E-state index contributed by atoms with van der Waals surface area (Å²) in [5.41, 5.74) is 5.59. The van der Waals surface area contributed by atoms with E-state index in [1.54, 1.807) is 10.8 Å². The van der Waals surface area contributed by atoms with Gasteiger partial charge in [-0.1, -0.05) is 69.9 Å². The van der Waals surface area contributed by atoms with E-state index in [4.69, 9.17) is 0 Å². The molecule has 0 radical (unpaired) electrons. The molecular formula is C24H32NSi+. The van der Waals surface area contributed by atoms with E-state index < -0.39 is 8.07 Å². The number of fused-ring (bicyclic) bond motifs is 1. The van der Waals surface area contributed by atoms with Crippen LogP contribution in [0.5, 0.6) is 0 Å². The molecule has 26 heavy (non-hydrogen) atoms. The van der Waals surface area contributed by atoms with Crippen molar-refractivity contribution in [2.45, 2.75) is 46.8 Å². The van der Waals surface area contributed by atoms with Gasteiger partial charge >= 0.3 is 0 Å². The van der Waals surface area contributed by atoms with Crippen LogP contribution >= 0.6 is 0 Å². The van der Waals surface area contributed by atoms with Crippen molar-refractivity contribution in [3.63, 3.8) is 0 Å². The maximum atomic E-state index is 2.47. The van der Waals surface area contributed by atoms with E-state index in [9.17, 15) is 0 Å². The van der Waals surface area contributed by atoms with Gasteiger partial charge in [0.1, 0.15) is 7.05 Å². The fourth-order valence-electron chi connectivity index (χ4n) is 3.94. The Balaban J connectivity index is 2.32. The minimum atomic E-state index is -1.39. The first-order valence-electron chi connectivity index (χ1n) is 9.70. The average Bonchev–Trinajstić information content (AvgIpc) is 2.55. The summed E-state index contributed by atoms with van der Waals surface area (Å²) in [6.07, 6.45) is 3.57. The molecule has 136 valence electrons. The molecule has 0 bridgehead atoms. The Morgan fingerprint density at radius 1 is 1.00 bits per heavy atom. The standard InChI is InChI=1S/C24H32NSi/c1-17(2)14-20-15-22(25(4)16-23(20)26(5,6)7)24-18(3)12-13-19-10-8-9-11-21(19)24/h8-13,15-17H,14H2,1-7H3/q+1. The van der Waals surface area contributed by atoms with Gasteiger partial charge in [-0.15, -0.1) is 0 Å². The highest BCUT2D eigenvalue weighted by atomic mass is 28.3. The summed E-state index contributed by atoms with van der Waals surface area (Å²) < 4.78 is 2.35. The molecule has 3 aromatic rings. The molecule has 2 aromatic carbocycles. The van der Waals surface area contributed by atoms with E-state index in [0.717, 1.165) is 6.42 Å². The quantitative estimate of drug-likeness (QED) is 0.433. The first-order valence-corrected chi connectivity index (χ1v) is 13.2. The molecule has 1 aromatic heterocycles. The summed E-state index contributed by atoms with van der Waals surface area (Å²) in [6.45, 7) is 14.2. The second-order valence-corrected chi connectivity index (χ2v) is 14.1. The molecule has 0 unspecified atom stereocenters. The molecule has 0 amide bonds. The molecule has 2 heteroatoms. The molecular weight excluding hydrogens is 330 g/mol. The Morgan fingerprint density at radius 2 is 1.69 bits per heavy atom. The molecule has 0 saturated carbocycles. The fourth-order valence-corrected chi connectivity index (χ4v) is 5.66. The van der Waals surface area contributed by atoms with Crippen molar-refractivity contribution in [1.29, 1.82) is 0 Å². The molecule has 0 aliphatic heterocycles. The van der Waals surface area contributed by atoms with E-state index in [2.05, 4.69) is 101 Å². The topological polar surface area (TPSA) is 3.88 Å². The van der Waals surface area contributed by atoms with Gasteiger partial charge in [-0.25, -0.2) is 4.57 Å². The van der Waals surface area contributed by atoms with Gasteiger partial charge < -0.3 is 0 Å². The molecule has 0 atom stereocenters. The molecule has 1 heterocycles. The van der Waals surface area contributed by atoms with Crippen molar-refractivity contribution in [2.24, 2.45) is 13.0 Å². The summed E-state index contributed by atoms with van der Waals surface area (Å²) in [5, 5.41) is 4.25. The molecule has 0 aliphatic rings. The number of hydrogen-bond acceptors (Lipinski definition) is 0. The zero-order chi connectivity index (χ0) is 19.1. The summed E-state index contributed by atoms with van der Waals surface area (Å²) in [6, 6.07) is 15.7. The predicted molar refractivity (Wildman–Crippen MR) is 117 cm³/mol. The van der Waals surface area contributed by atoms with E-state index in [-0.39, 0.29) is 0 Å². The smallest absolute Gasteiger partial charge is 0.201 e. The van der Waals surface area contributed by atoms with Crippen LogP contribution < -0.4 is 9.75 Å². The number of aryl methyl sites for hydroxylation is 2. The van der Waals surface area contributed by atoms with Gasteiger partial charge in [0.2, 0.25) is 5.69 Å². The van der Waals surface area contributed by atoms with Crippen LogP contribution in [0, 0.1) is 12.8 Å². The highest BCUT2D eigenvalue weighted by Crippen LogP contribution is 2.30. The second kappa shape index (κ2) is 7.00. The van der Waals surface area contributed by atoms with Crippen LogP contribution in [0.3, 0.4) is 0 Å². The van der Waals surface area contributed by atoms with Gasteiger partial charge in [0.25, 0.3) is 0 Å². The van der Waals surface area contributed by atoms with Gasteiger partial charge in [-0.05, 0) is 41.2 Å². The average molecular weight is 363 g/mol. The summed E-state index contributed by atoms with van der Waals surface area (Å²) in [5.74, 6) is 0.666. The molecule has 0 aliphatic carbocycles. The molecule has 0 N–H and O–H groups in total. The lowest BCUT2D eigenvalue weighted by molar-refractivity contribution is -0.659. The van der Waals surface area contributed by atoms with Crippen molar-refractivity contribution in [1.82, 2.24) is 0 Å². The first-order chi connectivity index (χ1) is 12.2. The largest absolute Gasteiger partial charge is 0.213 e. The number of benzene rings is 2. The van der Waals surface area contributed by atoms with E-state index in [1.807, 2.05) is 0 Å². The number of hydrogen-bond donors (Lipinski definition) is 0. The van der Waals surface area contributed by atoms with Crippen molar-refractivity contribution >= 4 is 24.0 Å². The van der Waals surface area contributed by atoms with Crippen LogP contribution in [-0.2, 0) is 13.5 Å². The van der Waals surface area contributed by atoms with Crippen LogP contribution in [0.1, 0.15) is 25.0 Å². The van der Waals surface area contributed by atoms with Crippen LogP contribution in [0.15, 0.2) is 48.7 Å². The normalized spacial score (nSPS) is 12.2. The molecule has 1 nitrogen and oxygen atoms in total. The van der Waals surface area contributed by atoms with Gasteiger partial charge in [-0.2, -0.15) is 0 Å². The second-order valence-electron chi connectivity index (χ2n) is 9.04. The van der Waals surface area contributed by atoms with E-state index in [0.29, 0.717) is 5.92 Å². The highest BCUT2D eigenvalue weighted by molar-refractivity contribution is 6.88. The zero-order valence-corrected chi connectivity index (χ0v) is 18.4. The Morgan fingerprint density at radius 3 is 2.35 bits per heavy atom. The third kappa shape index (κ3) is 3.61. The van der Waals surface area contributed by atoms with Crippen molar-refractivity contribution in [3.8, 4) is 11.3 Å². The number of nitrogens with zero attached hydrogens (tertiary/aromatic N) is 1. The lowest BCUT2D eigenvalue weighted by Gasteiger charge is -2.21. The minimum absolute atomic E-state index is 0.666. The van der Waals surface area contributed by atoms with Gasteiger partial charge in [0, 0.05) is 11.3 Å². The van der Waals surface area contributed by atoms with Gasteiger partial charge in [-0.3, -0.25) is 0 Å². The Hall–Kier alpha value is -1.93. The molecule has 0 spiro atoms. The molecule has 3 rings (SSSR count). The summed E-state index contributed by atoms with van der Waals surface area (Å²) in [7, 11) is 0.820. The van der Waals surface area contributed by atoms with Crippen LogP contribution in [-0.4, -0.2) is 8.07 Å². The lowest BCUT2D eigenvalue weighted by atomic mass is 9.94. The van der Waals surface area contributed by atoms with Crippen LogP contribution in [0.2, 0.25) is 19.6 Å². The van der Waals surface area contributed by atoms with Crippen LogP contribution in [0.4, 0.5) is 0 Å². The Kier molecular flexibility index (Phi) is 5.07. The number of rotatable bonds is 4. The van der Waals surface area contributed by atoms with Gasteiger partial charge in [0.05, 0.1) is 13.6 Å². The lowest BCUT2D eigenvalue weighted by Crippen LogP contribution is -2.47. The van der Waals surface area contributed by atoms with Gasteiger partial charge in [0.15, 0.2) is 6.20 Å². The monoisotopic (exact) mass is 362 g/mol. The molecule has 0 saturated heterocycles. The van der Waals surface area contributed by atoms with E-state index >= 15 is 0 Å². The SMILES string of the molecule is Cc1ccc2ccccc2c1-c1cc(CC(C)C)c([Si](C)(C)C)c[n+]1C. The Bertz CT molecular complexity index is 948. The third-order valence-electron chi connectivity index (χ3n) is 5.19. The zero-order valence-electron chi connectivity index (χ0n) is 17.4. The first kappa shape index (κ1) is 18.8. The molecule has 0 fully saturated rings. The highest BCUT2D eigenvalue weighted by Gasteiger charge is 2.27. The fraction of sp³-hybridized carbons (Fsp3) is 0.375. The minimum Gasteiger partial charge on any atom is -0.201 e.